The highest BCUT2D eigenvalue weighted by molar-refractivity contribution is 5.46. The molecule has 1 aliphatic carbocycles. The van der Waals surface area contributed by atoms with Gasteiger partial charge in [0.1, 0.15) is 5.75 Å². The van der Waals surface area contributed by atoms with Gasteiger partial charge in [0.2, 0.25) is 0 Å². The van der Waals surface area contributed by atoms with Crippen LogP contribution in [0.2, 0.25) is 0 Å². The second-order valence-electron chi connectivity index (χ2n) is 4.76. The summed E-state index contributed by atoms with van der Waals surface area (Å²) in [6, 6.07) is 6.09. The lowest BCUT2D eigenvalue weighted by atomic mass is 9.70. The lowest BCUT2D eigenvalue weighted by Gasteiger charge is -2.37. The number of hydrogen-bond donors (Lipinski definition) is 1. The second kappa shape index (κ2) is 3.53. The summed E-state index contributed by atoms with van der Waals surface area (Å²) < 4.78 is 5.36. The molecule has 0 saturated heterocycles. The van der Waals surface area contributed by atoms with Crippen molar-refractivity contribution >= 4 is 0 Å². The second-order valence-corrected chi connectivity index (χ2v) is 4.76. The molecule has 1 N–H and O–H groups in total. The molecule has 1 aromatic rings. The van der Waals surface area contributed by atoms with Crippen LogP contribution in [0, 0.1) is 0 Å². The van der Waals surface area contributed by atoms with Gasteiger partial charge in [0.15, 0.2) is 0 Å². The van der Waals surface area contributed by atoms with Crippen molar-refractivity contribution in [2.75, 3.05) is 7.11 Å². The van der Waals surface area contributed by atoms with E-state index in [1.54, 1.807) is 7.11 Å². The quantitative estimate of drug-likeness (QED) is 0.764. The molecular weight excluding hydrogens is 188 g/mol. The predicted molar refractivity (Wildman–Crippen MR) is 60.3 cm³/mol. The van der Waals surface area contributed by atoms with Crippen LogP contribution in [0.5, 0.6) is 5.75 Å². The Morgan fingerprint density at radius 3 is 2.80 bits per heavy atom. The number of benzene rings is 1. The van der Waals surface area contributed by atoms with Gasteiger partial charge in [0, 0.05) is 5.41 Å². The third kappa shape index (κ3) is 1.53. The number of methoxy groups -OCH3 is 1. The molecule has 1 aliphatic rings. The zero-order valence-electron chi connectivity index (χ0n) is 9.58. The SMILES string of the molecule is COc1cccc2c1CCC(O)C2(C)C. The van der Waals surface area contributed by atoms with Crippen LogP contribution in [0.25, 0.3) is 0 Å². The lowest BCUT2D eigenvalue weighted by molar-refractivity contribution is 0.0825. The first-order valence-corrected chi connectivity index (χ1v) is 5.42. The van der Waals surface area contributed by atoms with Gasteiger partial charge in [0.25, 0.3) is 0 Å². The van der Waals surface area contributed by atoms with E-state index in [0.717, 1.165) is 18.6 Å². The van der Waals surface area contributed by atoms with Gasteiger partial charge in [-0.25, -0.2) is 0 Å². The molecule has 1 aromatic carbocycles. The van der Waals surface area contributed by atoms with Crippen molar-refractivity contribution in [1.82, 2.24) is 0 Å². The van der Waals surface area contributed by atoms with Crippen molar-refractivity contribution in [2.24, 2.45) is 0 Å². The van der Waals surface area contributed by atoms with E-state index in [2.05, 4.69) is 19.9 Å². The molecule has 15 heavy (non-hydrogen) atoms. The molecule has 1 unspecified atom stereocenters. The van der Waals surface area contributed by atoms with Gasteiger partial charge < -0.3 is 9.84 Å². The maximum Gasteiger partial charge on any atom is 0.122 e. The Labute approximate surface area is 90.9 Å². The summed E-state index contributed by atoms with van der Waals surface area (Å²) in [7, 11) is 1.70. The fourth-order valence-electron chi connectivity index (χ4n) is 2.44. The maximum atomic E-state index is 10.0. The molecule has 0 bridgehead atoms. The Morgan fingerprint density at radius 2 is 2.13 bits per heavy atom. The van der Waals surface area contributed by atoms with Crippen LogP contribution in [0.15, 0.2) is 18.2 Å². The van der Waals surface area contributed by atoms with Crippen LogP contribution in [-0.4, -0.2) is 18.3 Å². The van der Waals surface area contributed by atoms with Gasteiger partial charge in [0.05, 0.1) is 13.2 Å². The largest absolute Gasteiger partial charge is 0.496 e. The molecule has 0 fully saturated rings. The minimum absolute atomic E-state index is 0.165. The highest BCUT2D eigenvalue weighted by atomic mass is 16.5. The molecule has 2 heteroatoms. The summed E-state index contributed by atoms with van der Waals surface area (Å²) in [5, 5.41) is 10.0. The monoisotopic (exact) mass is 206 g/mol. The fourth-order valence-corrected chi connectivity index (χ4v) is 2.44. The van der Waals surface area contributed by atoms with Crippen LogP contribution in [0.1, 0.15) is 31.4 Å². The molecule has 0 aromatic heterocycles. The minimum atomic E-state index is -0.253. The number of ether oxygens (including phenoxy) is 1. The van der Waals surface area contributed by atoms with Crippen LogP contribution >= 0.6 is 0 Å². The van der Waals surface area contributed by atoms with Crippen LogP contribution in [0.4, 0.5) is 0 Å². The Hall–Kier alpha value is -1.02. The summed E-state index contributed by atoms with van der Waals surface area (Å²) in [4.78, 5) is 0. The Morgan fingerprint density at radius 1 is 1.40 bits per heavy atom. The van der Waals surface area contributed by atoms with Crippen molar-refractivity contribution in [2.45, 2.75) is 38.2 Å². The van der Waals surface area contributed by atoms with Crippen LogP contribution < -0.4 is 4.74 Å². The molecule has 0 aliphatic heterocycles. The molecule has 1 atom stereocenters. The van der Waals surface area contributed by atoms with E-state index in [0.29, 0.717) is 0 Å². The fraction of sp³-hybridized carbons (Fsp3) is 0.538. The first kappa shape index (κ1) is 10.5. The summed E-state index contributed by atoms with van der Waals surface area (Å²) in [6.45, 7) is 4.18. The van der Waals surface area contributed by atoms with Crippen molar-refractivity contribution < 1.29 is 9.84 Å². The van der Waals surface area contributed by atoms with Gasteiger partial charge in [-0.05, 0) is 30.0 Å². The van der Waals surface area contributed by atoms with Crippen molar-refractivity contribution in [3.63, 3.8) is 0 Å². The van der Waals surface area contributed by atoms with E-state index in [9.17, 15) is 5.11 Å². The summed E-state index contributed by atoms with van der Waals surface area (Å²) in [6.07, 6.45) is 1.47. The van der Waals surface area contributed by atoms with E-state index in [1.807, 2.05) is 12.1 Å². The van der Waals surface area contributed by atoms with E-state index in [-0.39, 0.29) is 11.5 Å². The highest BCUT2D eigenvalue weighted by Gasteiger charge is 2.36. The number of fused-ring (bicyclic) bond motifs is 1. The minimum Gasteiger partial charge on any atom is -0.496 e. The van der Waals surface area contributed by atoms with Gasteiger partial charge in [-0.3, -0.25) is 0 Å². The molecule has 82 valence electrons. The number of hydrogen-bond acceptors (Lipinski definition) is 2. The third-order valence-corrected chi connectivity index (χ3v) is 3.55. The number of aliphatic hydroxyl groups excluding tert-OH is 1. The predicted octanol–water partition coefficient (Wildman–Crippen LogP) is 2.28. The van der Waals surface area contributed by atoms with Crippen molar-refractivity contribution in [3.05, 3.63) is 29.3 Å². The van der Waals surface area contributed by atoms with E-state index in [4.69, 9.17) is 4.74 Å². The van der Waals surface area contributed by atoms with Crippen LogP contribution in [0.3, 0.4) is 0 Å². The highest BCUT2D eigenvalue weighted by Crippen LogP contribution is 2.40. The zero-order chi connectivity index (χ0) is 11.1. The Kier molecular flexibility index (Phi) is 2.47. The third-order valence-electron chi connectivity index (χ3n) is 3.55. The number of aliphatic hydroxyl groups is 1. The standard InChI is InChI=1S/C13H18O2/c1-13(2)10-5-4-6-11(15-3)9(10)7-8-12(13)14/h4-6,12,14H,7-8H2,1-3H3. The topological polar surface area (TPSA) is 29.5 Å². The van der Waals surface area contributed by atoms with Crippen molar-refractivity contribution in [3.8, 4) is 5.75 Å². The Balaban J connectivity index is 2.56. The molecule has 0 saturated carbocycles. The lowest BCUT2D eigenvalue weighted by Crippen LogP contribution is -2.38. The van der Waals surface area contributed by atoms with Gasteiger partial charge in [-0.2, -0.15) is 0 Å². The average Bonchev–Trinajstić information content (AvgIpc) is 2.23. The first-order chi connectivity index (χ1) is 7.07. The smallest absolute Gasteiger partial charge is 0.122 e. The molecule has 0 radical (unpaired) electrons. The molecular formula is C13H18O2. The maximum absolute atomic E-state index is 10.0. The molecule has 0 amide bonds. The normalized spacial score (nSPS) is 23.3. The summed E-state index contributed by atoms with van der Waals surface area (Å²) in [5.74, 6) is 0.951. The summed E-state index contributed by atoms with van der Waals surface area (Å²) >= 11 is 0. The van der Waals surface area contributed by atoms with Gasteiger partial charge >= 0.3 is 0 Å². The molecule has 0 spiro atoms. The molecule has 2 nitrogen and oxygen atoms in total. The van der Waals surface area contributed by atoms with Gasteiger partial charge in [-0.1, -0.05) is 26.0 Å². The first-order valence-electron chi connectivity index (χ1n) is 5.42. The Bertz CT molecular complexity index is 369. The summed E-state index contributed by atoms with van der Waals surface area (Å²) in [5.41, 5.74) is 2.32. The molecule has 2 rings (SSSR count). The van der Waals surface area contributed by atoms with E-state index >= 15 is 0 Å². The van der Waals surface area contributed by atoms with Crippen LogP contribution in [-0.2, 0) is 11.8 Å². The number of rotatable bonds is 1. The van der Waals surface area contributed by atoms with Gasteiger partial charge in [-0.15, -0.1) is 0 Å². The zero-order valence-corrected chi connectivity index (χ0v) is 9.58. The van der Waals surface area contributed by atoms with E-state index < -0.39 is 0 Å². The van der Waals surface area contributed by atoms with Crippen molar-refractivity contribution in [1.29, 1.82) is 0 Å². The van der Waals surface area contributed by atoms with E-state index in [1.165, 1.54) is 11.1 Å². The average molecular weight is 206 g/mol. The molecule has 0 heterocycles.